The Hall–Kier alpha value is -1.75. The van der Waals surface area contributed by atoms with Crippen molar-refractivity contribution in [3.63, 3.8) is 0 Å². The molecule has 0 radical (unpaired) electrons. The summed E-state index contributed by atoms with van der Waals surface area (Å²) in [5, 5.41) is 0. The number of rotatable bonds is 2. The Morgan fingerprint density at radius 2 is 1.71 bits per heavy atom. The van der Waals surface area contributed by atoms with Crippen LogP contribution in [0, 0.1) is 0 Å². The summed E-state index contributed by atoms with van der Waals surface area (Å²) in [4.78, 5) is 24.9. The van der Waals surface area contributed by atoms with Crippen LogP contribution in [-0.4, -0.2) is 9.13 Å². The maximum atomic E-state index is 11.9. The van der Waals surface area contributed by atoms with Crippen LogP contribution >= 0.6 is 11.8 Å². The highest BCUT2D eigenvalue weighted by Gasteiger charge is 2.07. The van der Waals surface area contributed by atoms with E-state index < -0.39 is 0 Å². The van der Waals surface area contributed by atoms with Gasteiger partial charge in [-0.25, -0.2) is 4.79 Å². The van der Waals surface area contributed by atoms with E-state index >= 15 is 0 Å². The van der Waals surface area contributed by atoms with Gasteiger partial charge in [0, 0.05) is 25.2 Å². The molecular formula is C12H12N2O2S. The second kappa shape index (κ2) is 4.63. The van der Waals surface area contributed by atoms with E-state index in [-0.39, 0.29) is 11.2 Å². The molecule has 0 saturated heterocycles. The topological polar surface area (TPSA) is 44.0 Å². The van der Waals surface area contributed by atoms with Gasteiger partial charge in [0.2, 0.25) is 0 Å². The maximum Gasteiger partial charge on any atom is 0.330 e. The summed E-state index contributed by atoms with van der Waals surface area (Å²) in [6.07, 6.45) is 1.57. The van der Waals surface area contributed by atoms with Crippen molar-refractivity contribution in [2.24, 2.45) is 14.1 Å². The van der Waals surface area contributed by atoms with E-state index in [4.69, 9.17) is 0 Å². The van der Waals surface area contributed by atoms with Crippen molar-refractivity contribution in [2.45, 2.75) is 9.79 Å². The van der Waals surface area contributed by atoms with Gasteiger partial charge in [0.1, 0.15) is 0 Å². The minimum Gasteiger partial charge on any atom is -0.302 e. The largest absolute Gasteiger partial charge is 0.330 e. The molecule has 5 heteroatoms. The number of hydrogen-bond acceptors (Lipinski definition) is 3. The van der Waals surface area contributed by atoms with Gasteiger partial charge in [-0.05, 0) is 12.1 Å². The number of benzene rings is 1. The molecule has 88 valence electrons. The van der Waals surface area contributed by atoms with Crippen LogP contribution in [0.25, 0.3) is 0 Å². The lowest BCUT2D eigenvalue weighted by atomic mass is 10.4. The lowest BCUT2D eigenvalue weighted by Gasteiger charge is -2.06. The predicted molar refractivity (Wildman–Crippen MR) is 67.5 cm³/mol. The van der Waals surface area contributed by atoms with Crippen molar-refractivity contribution in [1.82, 2.24) is 9.13 Å². The molecular weight excluding hydrogens is 236 g/mol. The highest BCUT2D eigenvalue weighted by atomic mass is 32.2. The number of hydrogen-bond donors (Lipinski definition) is 0. The van der Waals surface area contributed by atoms with E-state index in [1.807, 2.05) is 30.3 Å². The van der Waals surface area contributed by atoms with Crippen molar-refractivity contribution < 1.29 is 0 Å². The van der Waals surface area contributed by atoms with Gasteiger partial charge < -0.3 is 4.57 Å². The van der Waals surface area contributed by atoms with Gasteiger partial charge in [0.15, 0.2) is 0 Å². The molecule has 0 saturated carbocycles. The quantitative estimate of drug-likeness (QED) is 0.803. The molecule has 1 heterocycles. The molecule has 0 unspecified atom stereocenters. The standard InChI is InChI=1S/C12H12N2O2S/c1-13-8-10(11(15)14(2)12(13)16)17-9-6-4-3-5-7-9/h3-8H,1-2H3. The van der Waals surface area contributed by atoms with Gasteiger partial charge >= 0.3 is 5.69 Å². The van der Waals surface area contributed by atoms with Crippen LogP contribution < -0.4 is 11.2 Å². The molecule has 0 bridgehead atoms. The van der Waals surface area contributed by atoms with Gasteiger partial charge in [0.25, 0.3) is 5.56 Å². The molecule has 0 aliphatic rings. The van der Waals surface area contributed by atoms with E-state index in [1.54, 1.807) is 13.2 Å². The third-order valence-electron chi connectivity index (χ3n) is 2.39. The van der Waals surface area contributed by atoms with Crippen LogP contribution in [0.1, 0.15) is 0 Å². The lowest BCUT2D eigenvalue weighted by Crippen LogP contribution is -2.37. The molecule has 0 aliphatic carbocycles. The molecule has 0 N–H and O–H groups in total. The molecule has 0 spiro atoms. The lowest BCUT2D eigenvalue weighted by molar-refractivity contribution is 0.662. The van der Waals surface area contributed by atoms with E-state index in [1.165, 1.54) is 23.4 Å². The number of nitrogens with zero attached hydrogens (tertiary/aromatic N) is 2. The van der Waals surface area contributed by atoms with Crippen LogP contribution in [0.4, 0.5) is 0 Å². The molecule has 0 atom stereocenters. The van der Waals surface area contributed by atoms with Gasteiger partial charge in [0.05, 0.1) is 4.90 Å². The van der Waals surface area contributed by atoms with E-state index in [9.17, 15) is 9.59 Å². The molecule has 4 nitrogen and oxygen atoms in total. The maximum absolute atomic E-state index is 11.9. The molecule has 2 aromatic rings. The normalized spacial score (nSPS) is 10.5. The van der Waals surface area contributed by atoms with Gasteiger partial charge in [-0.2, -0.15) is 0 Å². The highest BCUT2D eigenvalue weighted by Crippen LogP contribution is 2.23. The first kappa shape index (κ1) is 11.7. The summed E-state index contributed by atoms with van der Waals surface area (Å²) in [7, 11) is 3.12. The van der Waals surface area contributed by atoms with Crippen LogP contribution in [-0.2, 0) is 14.1 Å². The van der Waals surface area contributed by atoms with Crippen molar-refractivity contribution >= 4 is 11.8 Å². The Bertz CT molecular complexity index is 644. The van der Waals surface area contributed by atoms with E-state index in [0.717, 1.165) is 9.46 Å². The summed E-state index contributed by atoms with van der Waals surface area (Å²) in [6, 6.07) is 9.59. The fourth-order valence-electron chi connectivity index (χ4n) is 1.46. The number of aryl methyl sites for hydroxylation is 1. The minimum atomic E-state index is -0.313. The first-order chi connectivity index (χ1) is 8.09. The van der Waals surface area contributed by atoms with Crippen molar-refractivity contribution in [1.29, 1.82) is 0 Å². The predicted octanol–water partition coefficient (Wildman–Crippen LogP) is 1.24. The smallest absolute Gasteiger partial charge is 0.302 e. The molecule has 17 heavy (non-hydrogen) atoms. The summed E-state index contributed by atoms with van der Waals surface area (Å²) in [5.41, 5.74) is -0.575. The van der Waals surface area contributed by atoms with Crippen LogP contribution in [0.3, 0.4) is 0 Å². The van der Waals surface area contributed by atoms with Crippen LogP contribution in [0.15, 0.2) is 55.9 Å². The zero-order chi connectivity index (χ0) is 12.4. The third kappa shape index (κ3) is 2.34. The zero-order valence-corrected chi connectivity index (χ0v) is 10.4. The van der Waals surface area contributed by atoms with Gasteiger partial charge in [-0.15, -0.1) is 0 Å². The number of aromatic nitrogens is 2. The molecule has 0 fully saturated rings. The first-order valence-corrected chi connectivity index (χ1v) is 5.91. The Balaban J connectivity index is 2.48. The summed E-state index contributed by atoms with van der Waals surface area (Å²) < 4.78 is 2.53. The summed E-state index contributed by atoms with van der Waals surface area (Å²) >= 11 is 1.36. The van der Waals surface area contributed by atoms with Crippen molar-refractivity contribution in [3.8, 4) is 0 Å². The van der Waals surface area contributed by atoms with Crippen LogP contribution in [0.2, 0.25) is 0 Å². The van der Waals surface area contributed by atoms with E-state index in [0.29, 0.717) is 4.90 Å². The van der Waals surface area contributed by atoms with Gasteiger partial charge in [-0.1, -0.05) is 30.0 Å². The molecule has 1 aromatic heterocycles. The van der Waals surface area contributed by atoms with Crippen molar-refractivity contribution in [3.05, 3.63) is 57.4 Å². The van der Waals surface area contributed by atoms with Gasteiger partial charge in [-0.3, -0.25) is 9.36 Å². The molecule has 2 rings (SSSR count). The Morgan fingerprint density at radius 3 is 2.35 bits per heavy atom. The Morgan fingerprint density at radius 1 is 1.06 bits per heavy atom. The summed E-state index contributed by atoms with van der Waals surface area (Å²) in [6.45, 7) is 0. The fraction of sp³-hybridized carbons (Fsp3) is 0.167. The molecule has 0 amide bonds. The first-order valence-electron chi connectivity index (χ1n) is 5.09. The second-order valence-electron chi connectivity index (χ2n) is 3.67. The van der Waals surface area contributed by atoms with Crippen LogP contribution in [0.5, 0.6) is 0 Å². The SMILES string of the molecule is Cn1cc(Sc2ccccc2)c(=O)n(C)c1=O. The Kier molecular flexibility index (Phi) is 3.19. The average Bonchev–Trinajstić information content (AvgIpc) is 2.35. The summed E-state index contributed by atoms with van der Waals surface area (Å²) in [5.74, 6) is 0. The minimum absolute atomic E-state index is 0.262. The van der Waals surface area contributed by atoms with Crippen molar-refractivity contribution in [2.75, 3.05) is 0 Å². The van der Waals surface area contributed by atoms with E-state index in [2.05, 4.69) is 0 Å². The fourth-order valence-corrected chi connectivity index (χ4v) is 2.44. The average molecular weight is 248 g/mol. The zero-order valence-electron chi connectivity index (χ0n) is 9.58. The highest BCUT2D eigenvalue weighted by molar-refractivity contribution is 7.99. The third-order valence-corrected chi connectivity index (χ3v) is 3.39. The Labute approximate surface area is 103 Å². The monoisotopic (exact) mass is 248 g/mol. The second-order valence-corrected chi connectivity index (χ2v) is 4.78. The molecule has 0 aliphatic heterocycles. The molecule has 1 aromatic carbocycles.